The number of piperidine rings is 1. The Morgan fingerprint density at radius 2 is 2.41 bits per heavy atom. The summed E-state index contributed by atoms with van der Waals surface area (Å²) in [5.74, 6) is -0.448. The van der Waals surface area contributed by atoms with E-state index in [4.69, 9.17) is 15.1 Å². The van der Waals surface area contributed by atoms with E-state index in [0.29, 0.717) is 18.7 Å². The van der Waals surface area contributed by atoms with Gasteiger partial charge in [-0.25, -0.2) is 9.18 Å². The van der Waals surface area contributed by atoms with Gasteiger partial charge in [-0.1, -0.05) is 6.07 Å². The van der Waals surface area contributed by atoms with E-state index in [0.717, 1.165) is 18.4 Å². The van der Waals surface area contributed by atoms with Crippen LogP contribution in [0, 0.1) is 30.0 Å². The fourth-order valence-electron chi connectivity index (χ4n) is 2.96. The third kappa shape index (κ3) is 3.74. The number of likely N-dealkylation sites (tertiary alicyclic amines) is 1. The van der Waals surface area contributed by atoms with Crippen molar-refractivity contribution in [2.45, 2.75) is 25.9 Å². The zero-order chi connectivity index (χ0) is 16.1. The fourth-order valence-corrected chi connectivity index (χ4v) is 2.96. The van der Waals surface area contributed by atoms with Crippen molar-refractivity contribution in [3.8, 4) is 6.07 Å². The Labute approximate surface area is 128 Å². The van der Waals surface area contributed by atoms with Crippen molar-refractivity contribution in [1.82, 2.24) is 4.90 Å². The van der Waals surface area contributed by atoms with Crippen molar-refractivity contribution in [2.75, 3.05) is 19.7 Å². The molecular formula is C16H19FN2O3. The van der Waals surface area contributed by atoms with Crippen molar-refractivity contribution in [1.29, 1.82) is 5.26 Å². The number of aryl methyl sites for hydroxylation is 1. The summed E-state index contributed by atoms with van der Waals surface area (Å²) in [4.78, 5) is 12.5. The van der Waals surface area contributed by atoms with Crippen molar-refractivity contribution in [2.24, 2.45) is 5.92 Å². The van der Waals surface area contributed by atoms with E-state index in [1.165, 1.54) is 17.0 Å². The van der Waals surface area contributed by atoms with E-state index in [-0.39, 0.29) is 18.3 Å². The highest BCUT2D eigenvalue weighted by Gasteiger charge is 2.32. The Morgan fingerprint density at radius 1 is 1.64 bits per heavy atom. The Balaban J connectivity index is 2.27. The highest BCUT2D eigenvalue weighted by molar-refractivity contribution is 5.65. The Hall–Kier alpha value is -2.13. The molecule has 0 spiro atoms. The van der Waals surface area contributed by atoms with Crippen LogP contribution in [-0.2, 0) is 4.74 Å². The molecule has 1 fully saturated rings. The number of rotatable bonds is 4. The molecule has 0 bridgehead atoms. The van der Waals surface area contributed by atoms with Crippen molar-refractivity contribution >= 4 is 6.09 Å². The molecule has 1 saturated heterocycles. The van der Waals surface area contributed by atoms with Gasteiger partial charge in [0.15, 0.2) is 0 Å². The number of carbonyl (C=O) groups is 1. The first-order valence-electron chi connectivity index (χ1n) is 7.25. The van der Waals surface area contributed by atoms with E-state index < -0.39 is 12.2 Å². The van der Waals surface area contributed by atoms with E-state index in [2.05, 4.69) is 0 Å². The highest BCUT2D eigenvalue weighted by Crippen LogP contribution is 2.34. The predicted molar refractivity (Wildman–Crippen MR) is 77.8 cm³/mol. The van der Waals surface area contributed by atoms with Gasteiger partial charge in [-0.2, -0.15) is 5.26 Å². The largest absolute Gasteiger partial charge is 0.465 e. The summed E-state index contributed by atoms with van der Waals surface area (Å²) in [5, 5.41) is 17.9. The summed E-state index contributed by atoms with van der Waals surface area (Å²) in [7, 11) is 0. The molecular weight excluding hydrogens is 287 g/mol. The third-order valence-corrected chi connectivity index (χ3v) is 4.03. The molecule has 2 rings (SSSR count). The van der Waals surface area contributed by atoms with E-state index in [1.807, 2.05) is 13.0 Å². The second kappa shape index (κ2) is 7.23. The number of carboxylic acid groups (broad SMARTS) is 1. The van der Waals surface area contributed by atoms with Gasteiger partial charge >= 0.3 is 6.09 Å². The molecule has 1 aromatic rings. The van der Waals surface area contributed by atoms with Gasteiger partial charge < -0.3 is 14.7 Å². The molecule has 118 valence electrons. The van der Waals surface area contributed by atoms with Gasteiger partial charge in [0.1, 0.15) is 12.4 Å². The monoisotopic (exact) mass is 306 g/mol. The Bertz CT molecular complexity index is 585. The van der Waals surface area contributed by atoms with E-state index >= 15 is 0 Å². The number of ether oxygens (including phenoxy) is 1. The summed E-state index contributed by atoms with van der Waals surface area (Å²) < 4.78 is 19.2. The molecule has 22 heavy (non-hydrogen) atoms. The molecule has 6 heteroatoms. The van der Waals surface area contributed by atoms with Gasteiger partial charge in [0, 0.05) is 19.0 Å². The third-order valence-electron chi connectivity index (χ3n) is 4.03. The molecule has 1 N–H and O–H groups in total. The SMILES string of the molecule is Cc1ccc(F)cc1[C@H](OCC#N)[C@@H]1CCCN(C(=O)O)C1. The van der Waals surface area contributed by atoms with Crippen LogP contribution in [0.2, 0.25) is 0 Å². The minimum Gasteiger partial charge on any atom is -0.465 e. The van der Waals surface area contributed by atoms with Gasteiger partial charge in [0.2, 0.25) is 0 Å². The van der Waals surface area contributed by atoms with Gasteiger partial charge in [-0.3, -0.25) is 0 Å². The van der Waals surface area contributed by atoms with Crippen molar-refractivity contribution < 1.29 is 19.0 Å². The summed E-state index contributed by atoms with van der Waals surface area (Å²) in [6, 6.07) is 6.39. The lowest BCUT2D eigenvalue weighted by molar-refractivity contribution is 0.000910. The zero-order valence-corrected chi connectivity index (χ0v) is 12.5. The van der Waals surface area contributed by atoms with Crippen molar-refractivity contribution in [3.63, 3.8) is 0 Å². The van der Waals surface area contributed by atoms with Crippen LogP contribution < -0.4 is 0 Å². The van der Waals surface area contributed by atoms with Gasteiger partial charge in [-0.15, -0.1) is 0 Å². The van der Waals surface area contributed by atoms with Crippen LogP contribution in [0.25, 0.3) is 0 Å². The van der Waals surface area contributed by atoms with Gasteiger partial charge in [0.05, 0.1) is 12.2 Å². The summed E-state index contributed by atoms with van der Waals surface area (Å²) >= 11 is 0. The first-order valence-corrected chi connectivity index (χ1v) is 7.25. The molecule has 0 aliphatic carbocycles. The van der Waals surface area contributed by atoms with Gasteiger partial charge in [0.25, 0.3) is 0 Å². The van der Waals surface area contributed by atoms with Gasteiger partial charge in [-0.05, 0) is 43.0 Å². The van der Waals surface area contributed by atoms with Crippen molar-refractivity contribution in [3.05, 3.63) is 35.1 Å². The number of nitriles is 1. The lowest BCUT2D eigenvalue weighted by Gasteiger charge is -2.35. The van der Waals surface area contributed by atoms with Crippen LogP contribution in [0.1, 0.15) is 30.1 Å². The molecule has 0 radical (unpaired) electrons. The normalized spacial score (nSPS) is 19.5. The maximum atomic E-state index is 13.6. The Kier molecular flexibility index (Phi) is 5.34. The molecule has 5 nitrogen and oxygen atoms in total. The first-order chi connectivity index (χ1) is 10.5. The predicted octanol–water partition coefficient (Wildman–Crippen LogP) is 3.11. The number of hydrogen-bond donors (Lipinski definition) is 1. The van der Waals surface area contributed by atoms with Crippen LogP contribution in [0.3, 0.4) is 0 Å². The number of benzene rings is 1. The summed E-state index contributed by atoms with van der Waals surface area (Å²) in [6.45, 7) is 2.58. The lowest BCUT2D eigenvalue weighted by atomic mass is 9.86. The van der Waals surface area contributed by atoms with E-state index in [9.17, 15) is 9.18 Å². The molecule has 0 saturated carbocycles. The number of hydrogen-bond acceptors (Lipinski definition) is 3. The fraction of sp³-hybridized carbons (Fsp3) is 0.500. The number of nitrogens with zero attached hydrogens (tertiary/aromatic N) is 2. The second-order valence-corrected chi connectivity index (χ2v) is 5.52. The molecule has 0 unspecified atom stereocenters. The quantitative estimate of drug-likeness (QED) is 0.927. The average Bonchev–Trinajstić information content (AvgIpc) is 2.51. The summed E-state index contributed by atoms with van der Waals surface area (Å²) in [5.41, 5.74) is 1.56. The molecule has 1 aliphatic heterocycles. The first kappa shape index (κ1) is 16.2. The number of amides is 1. The average molecular weight is 306 g/mol. The van der Waals surface area contributed by atoms with Crippen LogP contribution in [-0.4, -0.2) is 35.8 Å². The second-order valence-electron chi connectivity index (χ2n) is 5.52. The topological polar surface area (TPSA) is 73.6 Å². The minimum atomic E-state index is -0.959. The standard InChI is InChI=1S/C16H19FN2O3/c1-11-4-5-13(17)9-14(11)15(22-8-6-18)12-3-2-7-19(10-12)16(20)21/h4-5,9,12,15H,2-3,7-8,10H2,1H3,(H,20,21)/t12-,15-/m1/s1. The van der Waals surface area contributed by atoms with Crippen LogP contribution in [0.15, 0.2) is 18.2 Å². The molecule has 1 aliphatic rings. The molecule has 2 atom stereocenters. The molecule has 1 heterocycles. The summed E-state index contributed by atoms with van der Waals surface area (Å²) in [6.07, 6.45) is 0.0883. The van der Waals surface area contributed by atoms with Crippen LogP contribution in [0.4, 0.5) is 9.18 Å². The molecule has 1 amide bonds. The van der Waals surface area contributed by atoms with Crippen LogP contribution >= 0.6 is 0 Å². The Morgan fingerprint density at radius 3 is 3.09 bits per heavy atom. The van der Waals surface area contributed by atoms with E-state index in [1.54, 1.807) is 6.07 Å². The lowest BCUT2D eigenvalue weighted by Crippen LogP contribution is -2.41. The maximum Gasteiger partial charge on any atom is 0.407 e. The zero-order valence-electron chi connectivity index (χ0n) is 12.5. The van der Waals surface area contributed by atoms with Crippen LogP contribution in [0.5, 0.6) is 0 Å². The molecule has 0 aromatic heterocycles. The smallest absolute Gasteiger partial charge is 0.407 e. The number of halogens is 1. The molecule has 1 aromatic carbocycles. The maximum absolute atomic E-state index is 13.6. The minimum absolute atomic E-state index is 0.0845. The highest BCUT2D eigenvalue weighted by atomic mass is 19.1.